The number of ether oxygens (including phenoxy) is 2. The number of thiophene rings is 1. The highest BCUT2D eigenvalue weighted by Gasteiger charge is 2.53. The van der Waals surface area contributed by atoms with Gasteiger partial charge in [0.15, 0.2) is 5.79 Å². The molecule has 230 valence electrons. The van der Waals surface area contributed by atoms with Crippen LogP contribution < -0.4 is 16.0 Å². The van der Waals surface area contributed by atoms with Crippen LogP contribution in [0.2, 0.25) is 0 Å². The van der Waals surface area contributed by atoms with E-state index < -0.39 is 53.5 Å². The lowest BCUT2D eigenvalue weighted by molar-refractivity contribution is -0.152. The Morgan fingerprint density at radius 2 is 1.93 bits per heavy atom. The summed E-state index contributed by atoms with van der Waals surface area (Å²) < 4.78 is 55.5. The minimum absolute atomic E-state index is 0.0478. The molecular formula is C30H28F3N5O5S. The van der Waals surface area contributed by atoms with E-state index in [9.17, 15) is 18.8 Å². The Morgan fingerprint density at radius 3 is 2.61 bits per heavy atom. The van der Waals surface area contributed by atoms with Crippen molar-refractivity contribution < 1.29 is 37.0 Å². The number of nitrogens with two attached hydrogens (primary N) is 1. The van der Waals surface area contributed by atoms with Gasteiger partial charge in [0.1, 0.15) is 24.2 Å². The lowest BCUT2D eigenvalue weighted by Gasteiger charge is -2.27. The van der Waals surface area contributed by atoms with Crippen molar-refractivity contribution in [1.29, 1.82) is 5.41 Å². The third kappa shape index (κ3) is 5.12. The number of amidine groups is 1. The van der Waals surface area contributed by atoms with Crippen LogP contribution in [0.1, 0.15) is 41.0 Å². The van der Waals surface area contributed by atoms with Gasteiger partial charge < -0.3 is 30.3 Å². The number of fused-ring (bicyclic) bond motifs is 3. The third-order valence-electron chi connectivity index (χ3n) is 8.16. The second-order valence-electron chi connectivity index (χ2n) is 11.0. The Hall–Kier alpha value is -4.27. The number of rotatable bonds is 8. The Morgan fingerprint density at radius 1 is 1.18 bits per heavy atom. The maximum Gasteiger partial charge on any atom is 0.299 e. The first-order chi connectivity index (χ1) is 20.9. The van der Waals surface area contributed by atoms with Crippen LogP contribution in [0.5, 0.6) is 0 Å². The Balaban J connectivity index is 1.23. The molecule has 2 aromatic carbocycles. The summed E-state index contributed by atoms with van der Waals surface area (Å²) in [5, 5.41) is 12.2. The summed E-state index contributed by atoms with van der Waals surface area (Å²) in [4.78, 5) is 42.5. The summed E-state index contributed by atoms with van der Waals surface area (Å²) >= 11 is 1.33. The SMILES string of the molecule is C[C@@H](NC(=O)[C@@H]1CC2(CN1C(=O)CN(C=O)c1ccc3c(c1)-c1ccc(F)cc1C3(F)F)OCCO2)c1cc(C(=N)N)cs1. The highest BCUT2D eigenvalue weighted by atomic mass is 32.1. The van der Waals surface area contributed by atoms with Crippen molar-refractivity contribution in [2.45, 2.75) is 37.1 Å². The van der Waals surface area contributed by atoms with Crippen molar-refractivity contribution in [3.05, 3.63) is 75.2 Å². The Labute approximate surface area is 254 Å². The average molecular weight is 628 g/mol. The molecule has 0 radical (unpaired) electrons. The van der Waals surface area contributed by atoms with Gasteiger partial charge in [-0.25, -0.2) is 4.39 Å². The molecule has 2 atom stereocenters. The number of nitrogens with one attached hydrogen (secondary N) is 2. The monoisotopic (exact) mass is 627 g/mol. The van der Waals surface area contributed by atoms with Crippen molar-refractivity contribution in [3.8, 4) is 11.1 Å². The molecule has 10 nitrogen and oxygen atoms in total. The summed E-state index contributed by atoms with van der Waals surface area (Å²) in [5.41, 5.74) is 5.73. The van der Waals surface area contributed by atoms with Crippen molar-refractivity contribution in [3.63, 3.8) is 0 Å². The molecule has 1 aromatic heterocycles. The first-order valence-electron chi connectivity index (χ1n) is 13.8. The van der Waals surface area contributed by atoms with E-state index in [1.165, 1.54) is 34.4 Å². The van der Waals surface area contributed by atoms with Crippen LogP contribution in [0.4, 0.5) is 18.9 Å². The van der Waals surface area contributed by atoms with Crippen LogP contribution in [0.15, 0.2) is 47.8 Å². The Bertz CT molecular complexity index is 1670. The third-order valence-corrected chi connectivity index (χ3v) is 9.28. The number of hydrogen-bond acceptors (Lipinski definition) is 7. The summed E-state index contributed by atoms with van der Waals surface area (Å²) in [6.45, 7) is 1.82. The van der Waals surface area contributed by atoms with Crippen LogP contribution in [0.3, 0.4) is 0 Å². The van der Waals surface area contributed by atoms with Crippen LogP contribution in [0, 0.1) is 11.2 Å². The molecule has 3 heterocycles. The fourth-order valence-electron chi connectivity index (χ4n) is 5.93. The fourth-order valence-corrected chi connectivity index (χ4v) is 6.85. The number of halogens is 3. The molecule has 6 rings (SSSR count). The molecule has 44 heavy (non-hydrogen) atoms. The summed E-state index contributed by atoms with van der Waals surface area (Å²) in [6.07, 6.45) is 0.482. The molecule has 2 saturated heterocycles. The van der Waals surface area contributed by atoms with Crippen LogP contribution in [-0.4, -0.2) is 67.1 Å². The molecule has 1 aliphatic carbocycles. The average Bonchev–Trinajstić information content (AvgIpc) is 3.78. The molecule has 3 amide bonds. The van der Waals surface area contributed by atoms with Gasteiger partial charge in [0.2, 0.25) is 18.2 Å². The number of amides is 3. The molecule has 1 spiro atoms. The number of alkyl halides is 2. The van der Waals surface area contributed by atoms with E-state index in [2.05, 4.69) is 5.32 Å². The van der Waals surface area contributed by atoms with E-state index >= 15 is 8.78 Å². The number of anilines is 1. The number of benzene rings is 2. The summed E-state index contributed by atoms with van der Waals surface area (Å²) in [6, 6.07) is 7.24. The number of likely N-dealkylation sites (tertiary alicyclic amines) is 1. The molecule has 3 aliphatic rings. The molecule has 14 heteroatoms. The molecular weight excluding hydrogens is 599 g/mol. The molecule has 0 bridgehead atoms. The fraction of sp³-hybridized carbons (Fsp3) is 0.333. The van der Waals surface area contributed by atoms with E-state index in [4.69, 9.17) is 20.6 Å². The van der Waals surface area contributed by atoms with Gasteiger partial charge in [-0.2, -0.15) is 8.78 Å². The Kier molecular flexibility index (Phi) is 7.46. The number of carbonyl (C=O) groups excluding carboxylic acids is 3. The van der Waals surface area contributed by atoms with Crippen molar-refractivity contribution in [2.24, 2.45) is 5.73 Å². The lowest BCUT2D eigenvalue weighted by atomic mass is 10.0. The maximum atomic E-state index is 15.1. The topological polar surface area (TPSA) is 138 Å². The molecule has 4 N–H and O–H groups in total. The quantitative estimate of drug-likeness (QED) is 0.199. The maximum absolute atomic E-state index is 15.1. The van der Waals surface area contributed by atoms with E-state index in [1.807, 2.05) is 0 Å². The minimum atomic E-state index is -3.42. The van der Waals surface area contributed by atoms with Crippen molar-refractivity contribution in [1.82, 2.24) is 10.2 Å². The number of hydrogen-bond donors (Lipinski definition) is 3. The van der Waals surface area contributed by atoms with E-state index in [0.717, 1.165) is 28.0 Å². The summed E-state index contributed by atoms with van der Waals surface area (Å²) in [7, 11) is 0. The number of nitrogen functional groups attached to an aromatic ring is 1. The zero-order chi connectivity index (χ0) is 31.4. The van der Waals surface area contributed by atoms with Gasteiger partial charge in [0.05, 0.1) is 25.8 Å². The second-order valence-corrected chi connectivity index (χ2v) is 11.9. The molecule has 2 fully saturated rings. The minimum Gasteiger partial charge on any atom is -0.384 e. The van der Waals surface area contributed by atoms with Crippen molar-refractivity contribution in [2.75, 3.05) is 31.2 Å². The number of carbonyl (C=O) groups is 3. The van der Waals surface area contributed by atoms with Gasteiger partial charge in [-0.05, 0) is 54.4 Å². The normalized spacial score (nSPS) is 19.8. The molecule has 0 saturated carbocycles. The second kappa shape index (κ2) is 11.0. The van der Waals surface area contributed by atoms with E-state index in [-0.39, 0.29) is 41.2 Å². The molecule has 0 unspecified atom stereocenters. The first kappa shape index (κ1) is 29.8. The van der Waals surface area contributed by atoms with Crippen LogP contribution in [0.25, 0.3) is 11.1 Å². The number of nitrogens with zero attached hydrogens (tertiary/aromatic N) is 2. The molecule has 3 aromatic rings. The van der Waals surface area contributed by atoms with Gasteiger partial charge in [0, 0.05) is 39.1 Å². The predicted octanol–water partition coefficient (Wildman–Crippen LogP) is 3.48. The molecule has 2 aliphatic heterocycles. The lowest BCUT2D eigenvalue weighted by Crippen LogP contribution is -2.49. The van der Waals surface area contributed by atoms with Gasteiger partial charge in [0.25, 0.3) is 5.92 Å². The van der Waals surface area contributed by atoms with Gasteiger partial charge >= 0.3 is 0 Å². The van der Waals surface area contributed by atoms with Crippen LogP contribution >= 0.6 is 11.3 Å². The van der Waals surface area contributed by atoms with Gasteiger partial charge in [-0.1, -0.05) is 6.07 Å². The van der Waals surface area contributed by atoms with E-state index in [1.54, 1.807) is 18.4 Å². The standard InChI is InChI=1S/C30H28F3N5O5S/c1-16(25-8-17(13-44-25)27(34)35)36-28(41)24-11-29(42-6-7-43-29)14-38(24)26(40)12-37(15-39)19-3-5-22-21(10-19)20-4-2-18(31)9-23(20)30(22,32)33/h2-5,8-10,13,15-16,24H,6-7,11-12,14H2,1H3,(H3,34,35)(H,36,41)/t16-,24+/m1/s1. The highest BCUT2D eigenvalue weighted by molar-refractivity contribution is 7.10. The summed E-state index contributed by atoms with van der Waals surface area (Å²) in [5.74, 6) is -6.52. The highest BCUT2D eigenvalue weighted by Crippen LogP contribution is 2.52. The predicted molar refractivity (Wildman–Crippen MR) is 155 cm³/mol. The van der Waals surface area contributed by atoms with Crippen molar-refractivity contribution >= 4 is 41.1 Å². The van der Waals surface area contributed by atoms with E-state index in [0.29, 0.717) is 25.2 Å². The van der Waals surface area contributed by atoms with Gasteiger partial charge in [-0.3, -0.25) is 19.8 Å². The van der Waals surface area contributed by atoms with Crippen LogP contribution in [-0.2, 0) is 29.8 Å². The first-order valence-corrected chi connectivity index (χ1v) is 14.7. The largest absolute Gasteiger partial charge is 0.384 e. The zero-order valence-corrected chi connectivity index (χ0v) is 24.3. The zero-order valence-electron chi connectivity index (χ0n) is 23.4. The smallest absolute Gasteiger partial charge is 0.299 e. The van der Waals surface area contributed by atoms with Gasteiger partial charge in [-0.15, -0.1) is 11.3 Å².